The minimum Gasteiger partial charge on any atom is -0.494 e. The lowest BCUT2D eigenvalue weighted by Gasteiger charge is -2.28. The molecule has 2 aromatic carbocycles. The number of rotatable bonds is 20. The Hall–Kier alpha value is -2.55. The monoisotopic (exact) mass is 546 g/mol. The maximum Gasteiger partial charge on any atom is 0.343 e. The highest BCUT2D eigenvalue weighted by atomic mass is 16.5. The fraction of sp³-hybridized carbons (Fsp3) is 0.595. The molecule has 0 amide bonds. The zero-order chi connectivity index (χ0) is 28.3. The van der Waals surface area contributed by atoms with Gasteiger partial charge in [0, 0.05) is 0 Å². The molecule has 1 fully saturated rings. The van der Waals surface area contributed by atoms with Crippen molar-refractivity contribution < 1.29 is 14.3 Å². The molecule has 0 N–H and O–H groups in total. The van der Waals surface area contributed by atoms with Crippen LogP contribution < -0.4 is 9.47 Å². The molecule has 0 bridgehead atoms. The fourth-order valence-corrected chi connectivity index (χ4v) is 5.90. The van der Waals surface area contributed by atoms with Gasteiger partial charge in [0.2, 0.25) is 0 Å². The summed E-state index contributed by atoms with van der Waals surface area (Å²) < 4.78 is 11.5. The summed E-state index contributed by atoms with van der Waals surface area (Å²) in [5.41, 5.74) is 1.87. The molecule has 220 valence electrons. The summed E-state index contributed by atoms with van der Waals surface area (Å²) in [5.74, 6) is 2.90. The molecule has 3 rings (SSSR count). The molecule has 0 aromatic heterocycles. The largest absolute Gasteiger partial charge is 0.494 e. The number of hydrogen-bond acceptors (Lipinski definition) is 3. The highest BCUT2D eigenvalue weighted by Gasteiger charge is 2.20. The summed E-state index contributed by atoms with van der Waals surface area (Å²) in [7, 11) is 0. The molecule has 1 aliphatic rings. The Kier molecular flexibility index (Phi) is 15.6. The van der Waals surface area contributed by atoms with E-state index in [0.29, 0.717) is 17.9 Å². The molecule has 3 nitrogen and oxygen atoms in total. The van der Waals surface area contributed by atoms with E-state index in [1.807, 2.05) is 30.3 Å². The van der Waals surface area contributed by atoms with E-state index >= 15 is 0 Å². The number of allylic oxidation sites excluding steroid dienone is 1. The van der Waals surface area contributed by atoms with E-state index < -0.39 is 0 Å². The molecule has 0 heterocycles. The molecule has 0 saturated heterocycles. The molecule has 0 spiro atoms. The standard InChI is InChI=1S/C37H54O3/c1-3-5-7-9-10-12-14-30-39-35-28-24-34(25-29-35)37(38)40-36-26-22-33(23-27-36)21-20-32-18-16-31(17-19-32)15-13-11-8-6-4-2/h3,22-29,31-32H,1,4-21,30H2,2H3. The van der Waals surface area contributed by atoms with Crippen LogP contribution in [-0.4, -0.2) is 12.6 Å². The molecule has 1 aliphatic carbocycles. The van der Waals surface area contributed by atoms with Crippen molar-refractivity contribution in [1.29, 1.82) is 0 Å². The van der Waals surface area contributed by atoms with E-state index in [0.717, 1.165) is 36.8 Å². The van der Waals surface area contributed by atoms with Crippen molar-refractivity contribution in [3.8, 4) is 11.5 Å². The molecule has 0 unspecified atom stereocenters. The normalized spacial score (nSPS) is 16.9. The minimum atomic E-state index is -0.332. The Morgan fingerprint density at radius 3 is 2.05 bits per heavy atom. The quantitative estimate of drug-likeness (QED) is 0.0717. The van der Waals surface area contributed by atoms with Crippen LogP contribution in [0.2, 0.25) is 0 Å². The average molecular weight is 547 g/mol. The Labute approximate surface area is 244 Å². The van der Waals surface area contributed by atoms with Crippen LogP contribution in [0.5, 0.6) is 11.5 Å². The molecule has 3 heteroatoms. The summed E-state index contributed by atoms with van der Waals surface area (Å²) >= 11 is 0. The average Bonchev–Trinajstić information content (AvgIpc) is 2.99. The number of aryl methyl sites for hydroxylation is 1. The van der Waals surface area contributed by atoms with Gasteiger partial charge in [-0.1, -0.05) is 109 Å². The molecule has 40 heavy (non-hydrogen) atoms. The Morgan fingerprint density at radius 1 is 0.750 bits per heavy atom. The second-order valence-electron chi connectivity index (χ2n) is 11.9. The second-order valence-corrected chi connectivity index (χ2v) is 11.9. The number of carbonyl (C=O) groups is 1. The van der Waals surface area contributed by atoms with E-state index in [2.05, 4.69) is 25.6 Å². The van der Waals surface area contributed by atoms with Gasteiger partial charge in [0.15, 0.2) is 0 Å². The number of carbonyl (C=O) groups excluding carboxylic acids is 1. The van der Waals surface area contributed by atoms with Crippen molar-refractivity contribution >= 4 is 5.97 Å². The second kappa shape index (κ2) is 19.5. The lowest BCUT2D eigenvalue weighted by Crippen LogP contribution is -2.15. The van der Waals surface area contributed by atoms with Gasteiger partial charge >= 0.3 is 5.97 Å². The lowest BCUT2D eigenvalue weighted by molar-refractivity contribution is 0.0734. The third-order valence-electron chi connectivity index (χ3n) is 8.57. The van der Waals surface area contributed by atoms with Gasteiger partial charge in [-0.2, -0.15) is 0 Å². The number of ether oxygens (including phenoxy) is 2. The van der Waals surface area contributed by atoms with Crippen molar-refractivity contribution in [2.24, 2.45) is 11.8 Å². The van der Waals surface area contributed by atoms with Gasteiger partial charge in [0.1, 0.15) is 11.5 Å². The minimum absolute atomic E-state index is 0.332. The van der Waals surface area contributed by atoms with Gasteiger partial charge < -0.3 is 9.47 Å². The summed E-state index contributed by atoms with van der Waals surface area (Å²) in [4.78, 5) is 12.6. The molecule has 2 aromatic rings. The summed E-state index contributed by atoms with van der Waals surface area (Å²) in [6, 6.07) is 15.3. The van der Waals surface area contributed by atoms with Crippen LogP contribution in [0, 0.1) is 11.8 Å². The van der Waals surface area contributed by atoms with E-state index in [4.69, 9.17) is 9.47 Å². The number of benzene rings is 2. The molecular weight excluding hydrogens is 492 g/mol. The summed E-state index contributed by atoms with van der Waals surface area (Å²) in [6.07, 6.45) is 25.5. The van der Waals surface area contributed by atoms with Crippen LogP contribution in [0.1, 0.15) is 132 Å². The molecular formula is C37H54O3. The zero-order valence-electron chi connectivity index (χ0n) is 25.2. The predicted octanol–water partition coefficient (Wildman–Crippen LogP) is 10.9. The Morgan fingerprint density at radius 2 is 1.35 bits per heavy atom. The molecule has 1 saturated carbocycles. The fourth-order valence-electron chi connectivity index (χ4n) is 5.90. The van der Waals surface area contributed by atoms with E-state index in [-0.39, 0.29) is 5.97 Å². The topological polar surface area (TPSA) is 35.5 Å². The van der Waals surface area contributed by atoms with Crippen LogP contribution in [-0.2, 0) is 6.42 Å². The van der Waals surface area contributed by atoms with Crippen LogP contribution in [0.15, 0.2) is 61.2 Å². The third kappa shape index (κ3) is 12.7. The van der Waals surface area contributed by atoms with Gasteiger partial charge in [0.25, 0.3) is 0 Å². The van der Waals surface area contributed by atoms with Crippen LogP contribution in [0.4, 0.5) is 0 Å². The van der Waals surface area contributed by atoms with Crippen molar-refractivity contribution in [3.05, 3.63) is 72.3 Å². The highest BCUT2D eigenvalue weighted by Crippen LogP contribution is 2.34. The van der Waals surface area contributed by atoms with Crippen LogP contribution >= 0.6 is 0 Å². The molecule has 0 aliphatic heterocycles. The Balaban J connectivity index is 1.29. The van der Waals surface area contributed by atoms with Gasteiger partial charge in [0.05, 0.1) is 12.2 Å². The smallest absolute Gasteiger partial charge is 0.343 e. The first-order chi connectivity index (χ1) is 19.7. The third-order valence-corrected chi connectivity index (χ3v) is 8.57. The predicted molar refractivity (Wildman–Crippen MR) is 168 cm³/mol. The zero-order valence-corrected chi connectivity index (χ0v) is 25.2. The van der Waals surface area contributed by atoms with E-state index in [9.17, 15) is 4.79 Å². The maximum atomic E-state index is 12.6. The van der Waals surface area contributed by atoms with Gasteiger partial charge in [-0.3, -0.25) is 0 Å². The molecule has 0 radical (unpaired) electrons. The number of hydrogen-bond donors (Lipinski definition) is 0. The van der Waals surface area contributed by atoms with E-state index in [1.165, 1.54) is 102 Å². The number of esters is 1. The van der Waals surface area contributed by atoms with E-state index in [1.54, 1.807) is 12.1 Å². The first kappa shape index (κ1) is 32.0. The summed E-state index contributed by atoms with van der Waals surface area (Å²) in [6.45, 7) is 6.76. The molecule has 0 atom stereocenters. The van der Waals surface area contributed by atoms with Crippen molar-refractivity contribution in [2.45, 2.75) is 122 Å². The first-order valence-corrected chi connectivity index (χ1v) is 16.3. The highest BCUT2D eigenvalue weighted by molar-refractivity contribution is 5.91. The van der Waals surface area contributed by atoms with Crippen LogP contribution in [0.25, 0.3) is 0 Å². The van der Waals surface area contributed by atoms with Crippen molar-refractivity contribution in [2.75, 3.05) is 6.61 Å². The van der Waals surface area contributed by atoms with Crippen molar-refractivity contribution in [3.63, 3.8) is 0 Å². The summed E-state index contributed by atoms with van der Waals surface area (Å²) in [5, 5.41) is 0. The van der Waals surface area contributed by atoms with Gasteiger partial charge in [-0.25, -0.2) is 4.79 Å². The van der Waals surface area contributed by atoms with Crippen LogP contribution in [0.3, 0.4) is 0 Å². The van der Waals surface area contributed by atoms with Crippen molar-refractivity contribution in [1.82, 2.24) is 0 Å². The SMILES string of the molecule is C=CCCCCCCCOc1ccc(C(=O)Oc2ccc(CCC3CCC(CCCCCCC)CC3)cc2)cc1. The lowest BCUT2D eigenvalue weighted by atomic mass is 9.78. The first-order valence-electron chi connectivity index (χ1n) is 16.3. The Bertz CT molecular complexity index is 938. The van der Waals surface area contributed by atoms with Gasteiger partial charge in [-0.15, -0.1) is 6.58 Å². The maximum absolute atomic E-state index is 12.6. The number of unbranched alkanes of at least 4 members (excludes halogenated alkanes) is 9. The van der Waals surface area contributed by atoms with Gasteiger partial charge in [-0.05, 0) is 85.9 Å².